The lowest BCUT2D eigenvalue weighted by Crippen LogP contribution is -2.14. The first-order valence-electron chi connectivity index (χ1n) is 6.43. The minimum absolute atomic E-state index is 0.288. The van der Waals surface area contributed by atoms with Crippen LogP contribution in [0.5, 0.6) is 0 Å². The van der Waals surface area contributed by atoms with E-state index in [1.54, 1.807) is 12.4 Å². The molecule has 3 nitrogen and oxygen atoms in total. The fourth-order valence-corrected chi connectivity index (χ4v) is 2.32. The van der Waals surface area contributed by atoms with Gasteiger partial charge in [0.05, 0.1) is 11.7 Å². The third-order valence-corrected chi connectivity index (χ3v) is 3.33. The van der Waals surface area contributed by atoms with E-state index in [0.29, 0.717) is 12.0 Å². The fraction of sp³-hybridized carbons (Fsp3) is 0.125. The number of nitrogens with two attached hydrogens (primary N) is 1. The molecule has 3 rings (SSSR count). The molecule has 0 fully saturated rings. The molecule has 2 N–H and O–H groups in total. The number of halogens is 1. The number of pyridine rings is 2. The number of aromatic nitrogens is 2. The number of hydrogen-bond donors (Lipinski definition) is 1. The van der Waals surface area contributed by atoms with Crippen molar-refractivity contribution < 1.29 is 4.39 Å². The largest absolute Gasteiger partial charge is 0.324 e. The predicted octanol–water partition coefficient (Wildman–Crippen LogP) is 3.01. The normalized spacial score (nSPS) is 12.5. The summed E-state index contributed by atoms with van der Waals surface area (Å²) in [5.74, 6) is -0.363. The molecule has 1 aromatic carbocycles. The van der Waals surface area contributed by atoms with Gasteiger partial charge in [0.1, 0.15) is 5.82 Å². The molecule has 2 heterocycles. The molecule has 100 valence electrons. The van der Waals surface area contributed by atoms with Crippen LogP contribution in [0.4, 0.5) is 4.39 Å². The molecule has 1 atom stereocenters. The lowest BCUT2D eigenvalue weighted by molar-refractivity contribution is 0.611. The number of fused-ring (bicyclic) bond motifs is 1. The van der Waals surface area contributed by atoms with Crippen LogP contribution in [0.15, 0.2) is 55.0 Å². The van der Waals surface area contributed by atoms with Gasteiger partial charge in [0.25, 0.3) is 0 Å². The Morgan fingerprint density at radius 3 is 2.85 bits per heavy atom. The van der Waals surface area contributed by atoms with E-state index in [2.05, 4.69) is 9.97 Å². The average Bonchev–Trinajstić information content (AvgIpc) is 2.47. The quantitative estimate of drug-likeness (QED) is 0.793. The summed E-state index contributed by atoms with van der Waals surface area (Å²) < 4.78 is 13.2. The third kappa shape index (κ3) is 2.51. The van der Waals surface area contributed by atoms with E-state index in [-0.39, 0.29) is 11.9 Å². The Morgan fingerprint density at radius 2 is 2.00 bits per heavy atom. The van der Waals surface area contributed by atoms with Crippen LogP contribution >= 0.6 is 0 Å². The van der Waals surface area contributed by atoms with Gasteiger partial charge >= 0.3 is 0 Å². The van der Waals surface area contributed by atoms with Gasteiger partial charge in [-0.15, -0.1) is 0 Å². The highest BCUT2D eigenvalue weighted by Crippen LogP contribution is 2.22. The minimum atomic E-state index is -0.363. The Labute approximate surface area is 116 Å². The van der Waals surface area contributed by atoms with Crippen LogP contribution in [0.1, 0.15) is 17.2 Å². The lowest BCUT2D eigenvalue weighted by Gasteiger charge is -2.13. The van der Waals surface area contributed by atoms with Gasteiger partial charge in [0, 0.05) is 23.8 Å². The van der Waals surface area contributed by atoms with Gasteiger partial charge in [0.15, 0.2) is 0 Å². The number of rotatable bonds is 3. The molecule has 0 bridgehead atoms. The van der Waals surface area contributed by atoms with Crippen LogP contribution < -0.4 is 5.73 Å². The van der Waals surface area contributed by atoms with Crippen LogP contribution in [-0.4, -0.2) is 9.97 Å². The van der Waals surface area contributed by atoms with Crippen LogP contribution in [0.2, 0.25) is 0 Å². The van der Waals surface area contributed by atoms with Crippen molar-refractivity contribution in [2.24, 2.45) is 5.73 Å². The Morgan fingerprint density at radius 1 is 1.15 bits per heavy atom. The second-order valence-electron chi connectivity index (χ2n) is 4.73. The lowest BCUT2D eigenvalue weighted by atomic mass is 9.98. The summed E-state index contributed by atoms with van der Waals surface area (Å²) in [6.07, 6.45) is 5.18. The molecular weight excluding hydrogens is 253 g/mol. The summed E-state index contributed by atoms with van der Waals surface area (Å²) in [4.78, 5) is 8.16. The van der Waals surface area contributed by atoms with E-state index < -0.39 is 0 Å². The second-order valence-corrected chi connectivity index (χ2v) is 4.73. The van der Waals surface area contributed by atoms with E-state index in [0.717, 1.165) is 16.5 Å². The summed E-state index contributed by atoms with van der Waals surface area (Å²) in [5.41, 5.74) is 8.90. The minimum Gasteiger partial charge on any atom is -0.324 e. The van der Waals surface area contributed by atoms with Crippen molar-refractivity contribution in [1.29, 1.82) is 0 Å². The number of hydrogen-bond acceptors (Lipinski definition) is 3. The Kier molecular flexibility index (Phi) is 3.39. The monoisotopic (exact) mass is 267 g/mol. The maximum Gasteiger partial charge on any atom is 0.141 e. The number of para-hydroxylation sites is 1. The molecule has 0 aliphatic rings. The van der Waals surface area contributed by atoms with Gasteiger partial charge < -0.3 is 5.73 Å². The van der Waals surface area contributed by atoms with Crippen molar-refractivity contribution in [2.45, 2.75) is 12.5 Å². The summed E-state index contributed by atoms with van der Waals surface area (Å²) in [7, 11) is 0. The van der Waals surface area contributed by atoms with Gasteiger partial charge in [-0.25, -0.2) is 4.39 Å². The van der Waals surface area contributed by atoms with Gasteiger partial charge in [-0.3, -0.25) is 9.97 Å². The molecule has 0 radical (unpaired) electrons. The van der Waals surface area contributed by atoms with Crippen LogP contribution in [0, 0.1) is 5.82 Å². The molecular formula is C16H14FN3. The number of benzene rings is 1. The van der Waals surface area contributed by atoms with E-state index in [1.807, 2.05) is 30.3 Å². The zero-order chi connectivity index (χ0) is 13.9. The van der Waals surface area contributed by atoms with E-state index >= 15 is 0 Å². The molecule has 20 heavy (non-hydrogen) atoms. The fourth-order valence-electron chi connectivity index (χ4n) is 2.32. The molecule has 0 spiro atoms. The van der Waals surface area contributed by atoms with Crippen molar-refractivity contribution in [3.8, 4) is 0 Å². The smallest absolute Gasteiger partial charge is 0.141 e. The molecule has 0 amide bonds. The van der Waals surface area contributed by atoms with Gasteiger partial charge in [-0.05, 0) is 35.7 Å². The second kappa shape index (κ2) is 5.35. The van der Waals surface area contributed by atoms with Crippen LogP contribution in [-0.2, 0) is 6.42 Å². The first-order chi connectivity index (χ1) is 9.74. The maximum atomic E-state index is 13.2. The summed E-state index contributed by atoms with van der Waals surface area (Å²) in [5, 5.41) is 1.08. The van der Waals surface area contributed by atoms with Crippen LogP contribution in [0.25, 0.3) is 10.9 Å². The predicted molar refractivity (Wildman–Crippen MR) is 76.6 cm³/mol. The molecule has 0 saturated carbocycles. The molecule has 4 heteroatoms. The van der Waals surface area contributed by atoms with Crippen molar-refractivity contribution >= 4 is 10.9 Å². The Balaban J connectivity index is 1.93. The molecule has 2 aromatic heterocycles. The zero-order valence-corrected chi connectivity index (χ0v) is 10.8. The van der Waals surface area contributed by atoms with Gasteiger partial charge in [-0.2, -0.15) is 0 Å². The standard InChI is InChI=1S/C16H14FN3/c17-13-7-12(9-19-10-13)15(18)8-11-5-6-20-16-4-2-1-3-14(11)16/h1-7,9-10,15H,8,18H2. The Bertz CT molecular complexity index is 737. The summed E-state index contributed by atoms with van der Waals surface area (Å²) in [6.45, 7) is 0. The van der Waals surface area contributed by atoms with Crippen molar-refractivity contribution in [2.75, 3.05) is 0 Å². The topological polar surface area (TPSA) is 51.8 Å². The summed E-state index contributed by atoms with van der Waals surface area (Å²) in [6, 6.07) is 11.0. The third-order valence-electron chi connectivity index (χ3n) is 3.33. The van der Waals surface area contributed by atoms with Crippen molar-refractivity contribution in [3.05, 3.63) is 71.9 Å². The van der Waals surface area contributed by atoms with E-state index in [1.165, 1.54) is 12.3 Å². The first-order valence-corrected chi connectivity index (χ1v) is 6.43. The van der Waals surface area contributed by atoms with Gasteiger partial charge in [0.2, 0.25) is 0 Å². The highest BCUT2D eigenvalue weighted by atomic mass is 19.1. The van der Waals surface area contributed by atoms with Crippen LogP contribution in [0.3, 0.4) is 0 Å². The first kappa shape index (κ1) is 12.7. The molecule has 0 aliphatic carbocycles. The Hall–Kier alpha value is -2.33. The summed E-state index contributed by atoms with van der Waals surface area (Å²) >= 11 is 0. The maximum absolute atomic E-state index is 13.2. The van der Waals surface area contributed by atoms with E-state index in [9.17, 15) is 4.39 Å². The van der Waals surface area contributed by atoms with Crippen molar-refractivity contribution in [3.63, 3.8) is 0 Å². The average molecular weight is 267 g/mol. The SMILES string of the molecule is NC(Cc1ccnc2ccccc12)c1cncc(F)c1. The zero-order valence-electron chi connectivity index (χ0n) is 10.8. The highest BCUT2D eigenvalue weighted by Gasteiger charge is 2.10. The van der Waals surface area contributed by atoms with Crippen molar-refractivity contribution in [1.82, 2.24) is 9.97 Å². The van der Waals surface area contributed by atoms with Gasteiger partial charge in [-0.1, -0.05) is 18.2 Å². The van der Waals surface area contributed by atoms with E-state index in [4.69, 9.17) is 5.73 Å². The molecule has 0 aliphatic heterocycles. The molecule has 3 aromatic rings. The molecule has 0 saturated heterocycles. The number of nitrogens with zero attached hydrogens (tertiary/aromatic N) is 2. The molecule has 1 unspecified atom stereocenters. The highest BCUT2D eigenvalue weighted by molar-refractivity contribution is 5.81.